The smallest absolute Gasteiger partial charge is 0.128 e. The Morgan fingerprint density at radius 1 is 1.47 bits per heavy atom. The van der Waals surface area contributed by atoms with E-state index in [1.807, 2.05) is 6.20 Å². The van der Waals surface area contributed by atoms with Gasteiger partial charge in [-0.05, 0) is 38.3 Å². The minimum atomic E-state index is -0.0941. The van der Waals surface area contributed by atoms with Crippen LogP contribution in [0.2, 0.25) is 0 Å². The van der Waals surface area contributed by atoms with Gasteiger partial charge in [0.2, 0.25) is 0 Å². The van der Waals surface area contributed by atoms with Crippen LogP contribution < -0.4 is 10.6 Å². The Kier molecular flexibility index (Phi) is 4.42. The summed E-state index contributed by atoms with van der Waals surface area (Å²) >= 11 is 0. The molecule has 2 heterocycles. The lowest BCUT2D eigenvalue weighted by Crippen LogP contribution is -2.48. The van der Waals surface area contributed by atoms with Crippen LogP contribution in [0, 0.1) is 0 Å². The maximum atomic E-state index is 5.97. The lowest BCUT2D eigenvalue weighted by molar-refractivity contribution is -0.0279. The van der Waals surface area contributed by atoms with E-state index in [1.165, 1.54) is 5.56 Å². The molecule has 1 unspecified atom stereocenters. The van der Waals surface area contributed by atoms with E-state index in [-0.39, 0.29) is 11.6 Å². The van der Waals surface area contributed by atoms with Gasteiger partial charge in [0.1, 0.15) is 5.82 Å². The van der Waals surface area contributed by atoms with Crippen molar-refractivity contribution in [3.63, 3.8) is 0 Å². The lowest BCUT2D eigenvalue weighted by Gasteiger charge is -2.38. The fourth-order valence-electron chi connectivity index (χ4n) is 2.38. The first-order valence-electron chi connectivity index (χ1n) is 7.09. The van der Waals surface area contributed by atoms with E-state index >= 15 is 0 Å². The Morgan fingerprint density at radius 3 is 2.84 bits per heavy atom. The Balaban J connectivity index is 2.02. The van der Waals surface area contributed by atoms with Crippen LogP contribution in [0.5, 0.6) is 0 Å². The molecule has 1 aliphatic heterocycles. The highest BCUT2D eigenvalue weighted by Gasteiger charge is 2.27. The molecule has 1 aromatic heterocycles. The van der Waals surface area contributed by atoms with Crippen LogP contribution in [-0.4, -0.2) is 36.3 Å². The lowest BCUT2D eigenvalue weighted by atomic mass is 10.1. The van der Waals surface area contributed by atoms with Crippen molar-refractivity contribution in [2.45, 2.75) is 45.3 Å². The topological polar surface area (TPSA) is 51.4 Å². The van der Waals surface area contributed by atoms with Gasteiger partial charge in [0.05, 0.1) is 12.2 Å². The molecule has 0 bridgehead atoms. The van der Waals surface area contributed by atoms with Gasteiger partial charge in [-0.1, -0.05) is 13.0 Å². The maximum absolute atomic E-state index is 5.97. The molecule has 0 radical (unpaired) electrons. The average molecular weight is 263 g/mol. The number of hydrogen-bond donors (Lipinski definition) is 1. The van der Waals surface area contributed by atoms with Gasteiger partial charge in [-0.3, -0.25) is 0 Å². The van der Waals surface area contributed by atoms with E-state index in [1.54, 1.807) is 0 Å². The third-order valence-corrected chi connectivity index (χ3v) is 3.58. The number of hydrogen-bond acceptors (Lipinski definition) is 4. The number of nitrogens with zero attached hydrogens (tertiary/aromatic N) is 2. The molecule has 1 fully saturated rings. The second-order valence-corrected chi connectivity index (χ2v) is 5.93. The van der Waals surface area contributed by atoms with Gasteiger partial charge in [0.15, 0.2) is 0 Å². The number of pyridine rings is 1. The highest BCUT2D eigenvalue weighted by molar-refractivity contribution is 5.40. The first-order chi connectivity index (χ1) is 9.00. The third-order valence-electron chi connectivity index (χ3n) is 3.58. The van der Waals surface area contributed by atoms with Crippen LogP contribution in [-0.2, 0) is 11.2 Å². The molecule has 19 heavy (non-hydrogen) atoms. The van der Waals surface area contributed by atoms with Crippen molar-refractivity contribution in [2.75, 3.05) is 24.6 Å². The van der Waals surface area contributed by atoms with Gasteiger partial charge in [-0.2, -0.15) is 0 Å². The highest BCUT2D eigenvalue weighted by Crippen LogP contribution is 2.21. The molecule has 1 aromatic rings. The third kappa shape index (κ3) is 3.91. The van der Waals surface area contributed by atoms with E-state index in [9.17, 15) is 0 Å². The zero-order valence-electron chi connectivity index (χ0n) is 12.2. The van der Waals surface area contributed by atoms with Crippen LogP contribution in [0.15, 0.2) is 18.3 Å². The van der Waals surface area contributed by atoms with Crippen LogP contribution >= 0.6 is 0 Å². The second kappa shape index (κ2) is 5.88. The standard InChI is InChI=1S/C15H25N3O/c1-4-13(16)9-12-5-6-14(17-10-12)18-7-8-19-15(2,3)11-18/h5-6,10,13H,4,7-9,11,16H2,1-3H3. The van der Waals surface area contributed by atoms with Crippen LogP contribution in [0.4, 0.5) is 5.82 Å². The van der Waals surface area contributed by atoms with E-state index in [4.69, 9.17) is 10.5 Å². The molecule has 1 saturated heterocycles. The average Bonchev–Trinajstić information content (AvgIpc) is 2.38. The van der Waals surface area contributed by atoms with E-state index < -0.39 is 0 Å². The highest BCUT2D eigenvalue weighted by atomic mass is 16.5. The summed E-state index contributed by atoms with van der Waals surface area (Å²) in [5, 5.41) is 0. The number of anilines is 1. The largest absolute Gasteiger partial charge is 0.372 e. The maximum Gasteiger partial charge on any atom is 0.128 e. The van der Waals surface area contributed by atoms with E-state index in [0.717, 1.165) is 38.4 Å². The Morgan fingerprint density at radius 2 is 2.26 bits per heavy atom. The number of nitrogens with two attached hydrogens (primary N) is 1. The van der Waals surface area contributed by atoms with Gasteiger partial charge in [0.25, 0.3) is 0 Å². The first kappa shape index (κ1) is 14.3. The van der Waals surface area contributed by atoms with Crippen molar-refractivity contribution in [2.24, 2.45) is 5.73 Å². The van der Waals surface area contributed by atoms with E-state index in [2.05, 4.69) is 42.8 Å². The van der Waals surface area contributed by atoms with Crippen molar-refractivity contribution in [1.82, 2.24) is 4.98 Å². The van der Waals surface area contributed by atoms with Crippen LogP contribution in [0.25, 0.3) is 0 Å². The molecular weight excluding hydrogens is 238 g/mol. The minimum absolute atomic E-state index is 0.0941. The quantitative estimate of drug-likeness (QED) is 0.902. The number of aromatic nitrogens is 1. The van der Waals surface area contributed by atoms with Gasteiger partial charge in [0, 0.05) is 25.3 Å². The molecule has 1 atom stereocenters. The summed E-state index contributed by atoms with van der Waals surface area (Å²) in [6, 6.07) is 4.47. The van der Waals surface area contributed by atoms with Crippen molar-refractivity contribution in [1.29, 1.82) is 0 Å². The molecule has 0 amide bonds. The van der Waals surface area contributed by atoms with Crippen molar-refractivity contribution >= 4 is 5.82 Å². The summed E-state index contributed by atoms with van der Waals surface area (Å²) in [7, 11) is 0. The molecule has 0 aromatic carbocycles. The molecular formula is C15H25N3O. The number of morpholine rings is 1. The first-order valence-corrected chi connectivity index (χ1v) is 7.09. The molecule has 106 valence electrons. The fraction of sp³-hybridized carbons (Fsp3) is 0.667. The van der Waals surface area contributed by atoms with Gasteiger partial charge < -0.3 is 15.4 Å². The normalized spacial score (nSPS) is 20.3. The van der Waals surface area contributed by atoms with Crippen LogP contribution in [0.3, 0.4) is 0 Å². The van der Waals surface area contributed by atoms with Crippen molar-refractivity contribution in [3.8, 4) is 0 Å². The summed E-state index contributed by atoms with van der Waals surface area (Å²) in [4.78, 5) is 6.85. The summed E-state index contributed by atoms with van der Waals surface area (Å²) in [5.41, 5.74) is 7.09. The van der Waals surface area contributed by atoms with Crippen LogP contribution in [0.1, 0.15) is 32.8 Å². The fourth-order valence-corrected chi connectivity index (χ4v) is 2.38. The zero-order chi connectivity index (χ0) is 13.9. The van der Waals surface area contributed by atoms with Crippen molar-refractivity contribution in [3.05, 3.63) is 23.9 Å². The second-order valence-electron chi connectivity index (χ2n) is 5.93. The molecule has 0 spiro atoms. The predicted molar refractivity (Wildman–Crippen MR) is 78.5 cm³/mol. The number of ether oxygens (including phenoxy) is 1. The summed E-state index contributed by atoms with van der Waals surface area (Å²) in [6.45, 7) is 8.90. The van der Waals surface area contributed by atoms with Gasteiger partial charge in [-0.25, -0.2) is 4.98 Å². The summed E-state index contributed by atoms with van der Waals surface area (Å²) in [6.07, 6.45) is 3.85. The van der Waals surface area contributed by atoms with Gasteiger partial charge in [-0.15, -0.1) is 0 Å². The van der Waals surface area contributed by atoms with E-state index in [0.29, 0.717) is 0 Å². The van der Waals surface area contributed by atoms with Crippen molar-refractivity contribution < 1.29 is 4.74 Å². The molecule has 2 rings (SSSR count). The Labute approximate surface area is 116 Å². The van der Waals surface area contributed by atoms with Gasteiger partial charge >= 0.3 is 0 Å². The molecule has 4 nitrogen and oxygen atoms in total. The summed E-state index contributed by atoms with van der Waals surface area (Å²) < 4.78 is 5.72. The predicted octanol–water partition coefficient (Wildman–Crippen LogP) is 1.98. The monoisotopic (exact) mass is 263 g/mol. The Hall–Kier alpha value is -1.13. The molecule has 2 N–H and O–H groups in total. The SMILES string of the molecule is CCC(N)Cc1ccc(N2CCOC(C)(C)C2)nc1. The number of rotatable bonds is 4. The molecule has 4 heteroatoms. The minimum Gasteiger partial charge on any atom is -0.372 e. The zero-order valence-corrected chi connectivity index (χ0v) is 12.2. The molecule has 0 saturated carbocycles. The molecule has 1 aliphatic rings. The summed E-state index contributed by atoms with van der Waals surface area (Å²) in [5.74, 6) is 1.03. The Bertz CT molecular complexity index is 402. The molecule has 0 aliphatic carbocycles.